The highest BCUT2D eigenvalue weighted by Crippen LogP contribution is 2.16. The Hall–Kier alpha value is -1.39. The zero-order valence-corrected chi connectivity index (χ0v) is 14.5. The standard InChI is InChI=1S/C19H29NO3/c1-19(2,22)12-11-15-7-9-16(10-8-15)18(21)20(3)14-17-6-4-5-13-23-17/h7-10,17,22H,4-6,11-14H2,1-3H3/t17-/m1/s1. The maximum Gasteiger partial charge on any atom is 0.253 e. The molecule has 23 heavy (non-hydrogen) atoms. The second-order valence-corrected chi connectivity index (χ2v) is 7.18. The number of aliphatic hydroxyl groups is 1. The van der Waals surface area contributed by atoms with E-state index < -0.39 is 5.60 Å². The van der Waals surface area contributed by atoms with Crippen LogP contribution < -0.4 is 0 Å². The first-order chi connectivity index (χ1) is 10.8. The molecule has 4 nitrogen and oxygen atoms in total. The first-order valence-electron chi connectivity index (χ1n) is 8.53. The zero-order chi connectivity index (χ0) is 16.9. The molecule has 4 heteroatoms. The minimum Gasteiger partial charge on any atom is -0.390 e. The van der Waals surface area contributed by atoms with Gasteiger partial charge in [0.05, 0.1) is 11.7 Å². The van der Waals surface area contributed by atoms with Gasteiger partial charge in [-0.2, -0.15) is 0 Å². The summed E-state index contributed by atoms with van der Waals surface area (Å²) >= 11 is 0. The third-order valence-corrected chi connectivity index (χ3v) is 4.32. The second kappa shape index (κ2) is 7.93. The Bertz CT molecular complexity index is 498. The number of likely N-dealkylation sites (N-methyl/N-ethyl adjacent to an activating group) is 1. The van der Waals surface area contributed by atoms with Crippen LogP contribution >= 0.6 is 0 Å². The summed E-state index contributed by atoms with van der Waals surface area (Å²) in [7, 11) is 1.84. The molecule has 1 aromatic carbocycles. The van der Waals surface area contributed by atoms with Crippen molar-refractivity contribution in [1.82, 2.24) is 4.90 Å². The molecule has 1 N–H and O–H groups in total. The fourth-order valence-corrected chi connectivity index (χ4v) is 2.82. The van der Waals surface area contributed by atoms with Crippen LogP contribution in [-0.2, 0) is 11.2 Å². The number of hydrogen-bond acceptors (Lipinski definition) is 3. The molecule has 0 spiro atoms. The Morgan fingerprint density at radius 2 is 2.00 bits per heavy atom. The number of benzene rings is 1. The van der Waals surface area contributed by atoms with Gasteiger partial charge in [-0.15, -0.1) is 0 Å². The topological polar surface area (TPSA) is 49.8 Å². The molecular formula is C19H29NO3. The summed E-state index contributed by atoms with van der Waals surface area (Å²) in [5.74, 6) is 0.0354. The Morgan fingerprint density at radius 3 is 2.57 bits per heavy atom. The van der Waals surface area contributed by atoms with Crippen molar-refractivity contribution in [2.45, 2.75) is 57.7 Å². The first-order valence-corrected chi connectivity index (χ1v) is 8.53. The average molecular weight is 319 g/mol. The molecule has 0 unspecified atom stereocenters. The van der Waals surface area contributed by atoms with Gasteiger partial charge in [0.15, 0.2) is 0 Å². The fourth-order valence-electron chi connectivity index (χ4n) is 2.82. The van der Waals surface area contributed by atoms with Crippen LogP contribution in [0.4, 0.5) is 0 Å². The van der Waals surface area contributed by atoms with Gasteiger partial charge in [0.1, 0.15) is 0 Å². The highest BCUT2D eigenvalue weighted by molar-refractivity contribution is 5.94. The van der Waals surface area contributed by atoms with Gasteiger partial charge in [0, 0.05) is 25.8 Å². The number of amides is 1. The quantitative estimate of drug-likeness (QED) is 0.877. The third kappa shape index (κ3) is 5.96. The molecule has 1 aromatic rings. The monoisotopic (exact) mass is 319 g/mol. The van der Waals surface area contributed by atoms with Crippen LogP contribution in [0.2, 0.25) is 0 Å². The molecule has 128 valence electrons. The number of rotatable bonds is 6. The van der Waals surface area contributed by atoms with Crippen molar-refractivity contribution < 1.29 is 14.6 Å². The molecule has 0 aromatic heterocycles. The molecule has 1 fully saturated rings. The van der Waals surface area contributed by atoms with Gasteiger partial charge in [0.2, 0.25) is 0 Å². The molecule has 1 aliphatic rings. The molecule has 1 saturated heterocycles. The summed E-state index contributed by atoms with van der Waals surface area (Å²) in [6, 6.07) is 7.70. The van der Waals surface area contributed by atoms with E-state index in [1.54, 1.807) is 4.90 Å². The van der Waals surface area contributed by atoms with E-state index in [0.717, 1.165) is 31.4 Å². The lowest BCUT2D eigenvalue weighted by Gasteiger charge is -2.27. The predicted octanol–water partition coefficient (Wildman–Crippen LogP) is 3.03. The van der Waals surface area contributed by atoms with Crippen molar-refractivity contribution in [3.05, 3.63) is 35.4 Å². The van der Waals surface area contributed by atoms with Gasteiger partial charge in [-0.05, 0) is 63.6 Å². The largest absolute Gasteiger partial charge is 0.390 e. The van der Waals surface area contributed by atoms with Crippen molar-refractivity contribution in [2.75, 3.05) is 20.2 Å². The molecule has 1 amide bonds. The van der Waals surface area contributed by atoms with E-state index in [0.29, 0.717) is 18.5 Å². The van der Waals surface area contributed by atoms with Gasteiger partial charge in [0.25, 0.3) is 5.91 Å². The van der Waals surface area contributed by atoms with Crippen LogP contribution in [0.3, 0.4) is 0 Å². The Kier molecular flexibility index (Phi) is 6.19. The van der Waals surface area contributed by atoms with Gasteiger partial charge >= 0.3 is 0 Å². The number of aryl methyl sites for hydroxylation is 1. The third-order valence-electron chi connectivity index (χ3n) is 4.32. The van der Waals surface area contributed by atoms with Gasteiger partial charge in [-0.1, -0.05) is 12.1 Å². The Labute approximate surface area is 139 Å². The van der Waals surface area contributed by atoms with E-state index in [1.807, 2.05) is 45.2 Å². The lowest BCUT2D eigenvalue weighted by atomic mass is 9.98. The molecule has 0 bridgehead atoms. The molecular weight excluding hydrogens is 290 g/mol. The first kappa shape index (κ1) is 18.0. The average Bonchev–Trinajstić information content (AvgIpc) is 2.53. The summed E-state index contributed by atoms with van der Waals surface area (Å²) in [4.78, 5) is 14.2. The van der Waals surface area contributed by atoms with Crippen LogP contribution in [0.5, 0.6) is 0 Å². The van der Waals surface area contributed by atoms with Gasteiger partial charge < -0.3 is 14.7 Å². The van der Waals surface area contributed by atoms with E-state index in [2.05, 4.69) is 0 Å². The van der Waals surface area contributed by atoms with Crippen LogP contribution in [0.15, 0.2) is 24.3 Å². The van der Waals surface area contributed by atoms with E-state index in [1.165, 1.54) is 6.42 Å². The van der Waals surface area contributed by atoms with Crippen molar-refractivity contribution in [3.63, 3.8) is 0 Å². The fraction of sp³-hybridized carbons (Fsp3) is 0.632. The predicted molar refractivity (Wildman–Crippen MR) is 91.6 cm³/mol. The van der Waals surface area contributed by atoms with Crippen LogP contribution in [0, 0.1) is 0 Å². The summed E-state index contributed by atoms with van der Waals surface area (Å²) < 4.78 is 5.70. The van der Waals surface area contributed by atoms with E-state index in [-0.39, 0.29) is 12.0 Å². The molecule has 0 aliphatic carbocycles. The zero-order valence-electron chi connectivity index (χ0n) is 14.5. The van der Waals surface area contributed by atoms with Gasteiger partial charge in [-0.3, -0.25) is 4.79 Å². The highest BCUT2D eigenvalue weighted by Gasteiger charge is 2.19. The molecule has 2 rings (SSSR count). The molecule has 1 atom stereocenters. The lowest BCUT2D eigenvalue weighted by Crippen LogP contribution is -2.37. The van der Waals surface area contributed by atoms with Crippen molar-refractivity contribution in [3.8, 4) is 0 Å². The van der Waals surface area contributed by atoms with Crippen molar-refractivity contribution >= 4 is 5.91 Å². The minimum atomic E-state index is -0.658. The number of nitrogens with zero attached hydrogens (tertiary/aromatic N) is 1. The van der Waals surface area contributed by atoms with Crippen LogP contribution in [0.1, 0.15) is 55.5 Å². The van der Waals surface area contributed by atoms with E-state index >= 15 is 0 Å². The molecule has 0 radical (unpaired) electrons. The van der Waals surface area contributed by atoms with E-state index in [9.17, 15) is 9.90 Å². The normalized spacial score (nSPS) is 18.7. The van der Waals surface area contributed by atoms with Crippen molar-refractivity contribution in [1.29, 1.82) is 0 Å². The maximum atomic E-state index is 12.5. The van der Waals surface area contributed by atoms with Crippen LogP contribution in [-0.4, -0.2) is 47.8 Å². The lowest BCUT2D eigenvalue weighted by molar-refractivity contribution is -0.000187. The van der Waals surface area contributed by atoms with E-state index in [4.69, 9.17) is 4.74 Å². The molecule has 1 heterocycles. The molecule has 0 saturated carbocycles. The minimum absolute atomic E-state index is 0.0354. The number of carbonyl (C=O) groups is 1. The summed E-state index contributed by atoms with van der Waals surface area (Å²) in [5.41, 5.74) is 1.19. The van der Waals surface area contributed by atoms with Crippen LogP contribution in [0.25, 0.3) is 0 Å². The maximum absolute atomic E-state index is 12.5. The number of carbonyl (C=O) groups excluding carboxylic acids is 1. The number of hydrogen-bond donors (Lipinski definition) is 1. The Balaban J connectivity index is 1.88. The summed E-state index contributed by atoms with van der Waals surface area (Å²) in [6.07, 6.45) is 5.03. The second-order valence-electron chi connectivity index (χ2n) is 7.18. The van der Waals surface area contributed by atoms with Crippen molar-refractivity contribution in [2.24, 2.45) is 0 Å². The van der Waals surface area contributed by atoms with Gasteiger partial charge in [-0.25, -0.2) is 0 Å². The summed E-state index contributed by atoms with van der Waals surface area (Å²) in [5, 5.41) is 9.78. The SMILES string of the molecule is CN(C[C@H]1CCCCO1)C(=O)c1ccc(CCC(C)(C)O)cc1. The number of ether oxygens (including phenoxy) is 1. The molecule has 1 aliphatic heterocycles. The smallest absolute Gasteiger partial charge is 0.253 e. The Morgan fingerprint density at radius 1 is 1.30 bits per heavy atom. The summed E-state index contributed by atoms with van der Waals surface area (Å²) in [6.45, 7) is 5.09. The highest BCUT2D eigenvalue weighted by atomic mass is 16.5.